The van der Waals surface area contributed by atoms with Crippen molar-refractivity contribution in [2.75, 3.05) is 18.5 Å². The lowest BCUT2D eigenvalue weighted by atomic mass is 10.3. The normalized spacial score (nSPS) is 17.6. The lowest BCUT2D eigenvalue weighted by Crippen LogP contribution is -2.27. The second kappa shape index (κ2) is 7.22. The van der Waals surface area contributed by atoms with Crippen LogP contribution >= 0.6 is 15.9 Å². The van der Waals surface area contributed by atoms with Crippen molar-refractivity contribution in [2.45, 2.75) is 37.9 Å². The van der Waals surface area contributed by atoms with Gasteiger partial charge in [0.1, 0.15) is 5.82 Å². The van der Waals surface area contributed by atoms with Crippen LogP contribution in [0, 0.1) is 5.82 Å². The first kappa shape index (κ1) is 14.8. The Morgan fingerprint density at radius 1 is 1.42 bits per heavy atom. The number of nitrogens with one attached hydrogen (secondary N) is 1. The quantitative estimate of drug-likeness (QED) is 0.840. The molecule has 0 spiro atoms. The van der Waals surface area contributed by atoms with E-state index in [2.05, 4.69) is 21.2 Å². The highest BCUT2D eigenvalue weighted by Crippen LogP contribution is 2.23. The molecule has 2 rings (SSSR count). The molecule has 1 unspecified atom stereocenters. The molecule has 3 nitrogen and oxygen atoms in total. The van der Waals surface area contributed by atoms with Crippen LogP contribution in [0.1, 0.15) is 25.7 Å². The van der Waals surface area contributed by atoms with Crippen molar-refractivity contribution in [2.24, 2.45) is 0 Å². The maximum Gasteiger partial charge on any atom is 0.124 e. The van der Waals surface area contributed by atoms with Crippen LogP contribution in [0.2, 0.25) is 0 Å². The van der Waals surface area contributed by atoms with Gasteiger partial charge < -0.3 is 15.2 Å². The van der Waals surface area contributed by atoms with Gasteiger partial charge in [-0.05, 0) is 47.0 Å². The van der Waals surface area contributed by atoms with Gasteiger partial charge in [0, 0.05) is 16.7 Å². The highest BCUT2D eigenvalue weighted by atomic mass is 79.9. The second-order valence-electron chi connectivity index (χ2n) is 4.90. The molecule has 1 aromatic carbocycles. The summed E-state index contributed by atoms with van der Waals surface area (Å²) in [5.74, 6) is -0.289. The lowest BCUT2D eigenvalue weighted by Gasteiger charge is -2.17. The maximum atomic E-state index is 12.9. The van der Waals surface area contributed by atoms with Gasteiger partial charge in [0.25, 0.3) is 0 Å². The van der Waals surface area contributed by atoms with Gasteiger partial charge in [-0.1, -0.05) is 12.8 Å². The second-order valence-corrected chi connectivity index (χ2v) is 5.75. The predicted octanol–water partition coefficient (Wildman–Crippen LogP) is 3.32. The van der Waals surface area contributed by atoms with Gasteiger partial charge >= 0.3 is 0 Å². The van der Waals surface area contributed by atoms with E-state index < -0.39 is 6.10 Å². The smallest absolute Gasteiger partial charge is 0.124 e. The highest BCUT2D eigenvalue weighted by molar-refractivity contribution is 9.10. The van der Waals surface area contributed by atoms with E-state index in [1.165, 1.54) is 25.0 Å². The van der Waals surface area contributed by atoms with Crippen LogP contribution in [-0.2, 0) is 4.74 Å². The van der Waals surface area contributed by atoms with E-state index in [4.69, 9.17) is 4.74 Å². The molecule has 1 saturated carbocycles. The molecular formula is C14H19BrFNO2. The van der Waals surface area contributed by atoms with Gasteiger partial charge in [-0.15, -0.1) is 0 Å². The first-order valence-corrected chi connectivity index (χ1v) is 7.43. The number of aliphatic hydroxyl groups excluding tert-OH is 1. The van der Waals surface area contributed by atoms with Crippen molar-refractivity contribution < 1.29 is 14.2 Å². The molecule has 0 bridgehead atoms. The minimum absolute atomic E-state index is 0.289. The fraction of sp³-hybridized carbons (Fsp3) is 0.571. The molecule has 1 fully saturated rings. The van der Waals surface area contributed by atoms with Crippen LogP contribution in [0.15, 0.2) is 22.7 Å². The number of ether oxygens (including phenoxy) is 1. The maximum absolute atomic E-state index is 12.9. The molecule has 2 N–H and O–H groups in total. The van der Waals surface area contributed by atoms with Crippen molar-refractivity contribution in [3.05, 3.63) is 28.5 Å². The molecule has 1 atom stereocenters. The highest BCUT2D eigenvalue weighted by Gasteiger charge is 2.16. The van der Waals surface area contributed by atoms with E-state index in [0.29, 0.717) is 23.7 Å². The van der Waals surface area contributed by atoms with Crippen LogP contribution in [0.4, 0.5) is 10.1 Å². The molecule has 0 heterocycles. The largest absolute Gasteiger partial charge is 0.389 e. The Morgan fingerprint density at radius 2 is 2.16 bits per heavy atom. The van der Waals surface area contributed by atoms with Crippen molar-refractivity contribution in [1.29, 1.82) is 0 Å². The third-order valence-corrected chi connectivity index (χ3v) is 3.94. The Labute approximate surface area is 121 Å². The van der Waals surface area contributed by atoms with Gasteiger partial charge in [-0.3, -0.25) is 0 Å². The van der Waals surface area contributed by atoms with Gasteiger partial charge in [-0.25, -0.2) is 4.39 Å². The third-order valence-electron chi connectivity index (χ3n) is 3.29. The molecular weight excluding hydrogens is 313 g/mol. The average molecular weight is 332 g/mol. The summed E-state index contributed by atoms with van der Waals surface area (Å²) < 4.78 is 19.2. The zero-order valence-corrected chi connectivity index (χ0v) is 12.3. The Morgan fingerprint density at radius 3 is 2.84 bits per heavy atom. The summed E-state index contributed by atoms with van der Waals surface area (Å²) >= 11 is 3.27. The fourth-order valence-electron chi connectivity index (χ4n) is 2.22. The van der Waals surface area contributed by atoms with E-state index in [1.54, 1.807) is 6.07 Å². The summed E-state index contributed by atoms with van der Waals surface area (Å²) in [7, 11) is 0. The van der Waals surface area contributed by atoms with E-state index in [0.717, 1.165) is 18.5 Å². The van der Waals surface area contributed by atoms with Gasteiger partial charge in [-0.2, -0.15) is 0 Å². The molecule has 0 radical (unpaired) electrons. The molecule has 1 aliphatic rings. The summed E-state index contributed by atoms with van der Waals surface area (Å²) in [6.45, 7) is 0.730. The predicted molar refractivity (Wildman–Crippen MR) is 76.8 cm³/mol. The van der Waals surface area contributed by atoms with Gasteiger partial charge in [0.05, 0.1) is 18.8 Å². The minimum atomic E-state index is -0.558. The summed E-state index contributed by atoms with van der Waals surface area (Å²) in [6, 6.07) is 4.42. The van der Waals surface area contributed by atoms with Crippen molar-refractivity contribution in [3.8, 4) is 0 Å². The number of anilines is 1. The van der Waals surface area contributed by atoms with Gasteiger partial charge in [0.15, 0.2) is 0 Å². The Hall–Kier alpha value is -0.650. The van der Waals surface area contributed by atoms with Crippen LogP contribution in [0.3, 0.4) is 0 Å². The number of hydrogen-bond acceptors (Lipinski definition) is 3. The summed E-state index contributed by atoms with van der Waals surface area (Å²) in [4.78, 5) is 0. The number of rotatable bonds is 6. The molecule has 0 saturated heterocycles. The van der Waals surface area contributed by atoms with Crippen molar-refractivity contribution >= 4 is 21.6 Å². The number of benzene rings is 1. The molecule has 0 aliphatic heterocycles. The van der Waals surface area contributed by atoms with Crippen molar-refractivity contribution in [3.63, 3.8) is 0 Å². The van der Waals surface area contributed by atoms with Crippen LogP contribution in [0.25, 0.3) is 0 Å². The minimum Gasteiger partial charge on any atom is -0.389 e. The first-order valence-electron chi connectivity index (χ1n) is 6.64. The van der Waals surface area contributed by atoms with Crippen molar-refractivity contribution in [1.82, 2.24) is 0 Å². The lowest BCUT2D eigenvalue weighted by molar-refractivity contribution is -0.00117. The molecule has 0 aromatic heterocycles. The standard InChI is InChI=1S/C14H19BrFNO2/c15-13-7-10(16)5-6-14(13)17-8-11(18)9-19-12-3-1-2-4-12/h5-7,11-12,17-18H,1-4,8-9H2. The fourth-order valence-corrected chi connectivity index (χ4v) is 2.71. The molecule has 1 aliphatic carbocycles. The zero-order chi connectivity index (χ0) is 13.7. The van der Waals surface area contributed by atoms with Gasteiger partial charge in [0.2, 0.25) is 0 Å². The molecule has 0 amide bonds. The number of aliphatic hydroxyl groups is 1. The third kappa shape index (κ3) is 4.75. The van der Waals surface area contributed by atoms with Crippen LogP contribution < -0.4 is 5.32 Å². The Kier molecular flexibility index (Phi) is 5.60. The number of halogens is 2. The Balaban J connectivity index is 1.71. The average Bonchev–Trinajstić information content (AvgIpc) is 2.88. The molecule has 19 heavy (non-hydrogen) atoms. The van der Waals surface area contributed by atoms with E-state index in [1.807, 2.05) is 0 Å². The monoisotopic (exact) mass is 331 g/mol. The zero-order valence-electron chi connectivity index (χ0n) is 10.7. The number of hydrogen-bond donors (Lipinski definition) is 2. The summed E-state index contributed by atoms with van der Waals surface area (Å²) in [5, 5.41) is 12.9. The SMILES string of the molecule is OC(CNc1ccc(F)cc1Br)COC1CCCC1. The van der Waals surface area contributed by atoms with Crippen LogP contribution in [0.5, 0.6) is 0 Å². The summed E-state index contributed by atoms with van der Waals surface area (Å²) in [6.07, 6.45) is 4.40. The van der Waals surface area contributed by atoms with E-state index in [9.17, 15) is 9.50 Å². The Bertz CT molecular complexity index is 410. The molecule has 1 aromatic rings. The topological polar surface area (TPSA) is 41.5 Å². The first-order chi connectivity index (χ1) is 9.15. The van der Waals surface area contributed by atoms with E-state index in [-0.39, 0.29) is 5.82 Å². The van der Waals surface area contributed by atoms with E-state index >= 15 is 0 Å². The summed E-state index contributed by atoms with van der Waals surface area (Å²) in [5.41, 5.74) is 0.765. The molecule has 106 valence electrons. The van der Waals surface area contributed by atoms with Crippen LogP contribution in [-0.4, -0.2) is 30.5 Å². The molecule has 5 heteroatoms.